The van der Waals surface area contributed by atoms with Gasteiger partial charge < -0.3 is 9.84 Å². The van der Waals surface area contributed by atoms with Crippen LogP contribution in [0.1, 0.15) is 28.9 Å². The predicted molar refractivity (Wildman–Crippen MR) is 73.3 cm³/mol. The van der Waals surface area contributed by atoms with Crippen molar-refractivity contribution in [1.29, 1.82) is 0 Å². The molecule has 0 aromatic heterocycles. The molecule has 3 nitrogen and oxygen atoms in total. The standard InChI is InChI=1S/C16H16O3/c1-2-19-14-10-6-9-13(11-14)16(18)15(17)12-7-4-3-5-8-12/h3-11,15,17H,2H2,1H3. The number of hydrogen-bond donors (Lipinski definition) is 1. The number of aliphatic hydroxyl groups is 1. The van der Waals surface area contributed by atoms with Gasteiger partial charge in [0.2, 0.25) is 0 Å². The molecule has 0 saturated carbocycles. The lowest BCUT2D eigenvalue weighted by atomic mass is 10.00. The van der Waals surface area contributed by atoms with Crippen LogP contribution < -0.4 is 4.74 Å². The van der Waals surface area contributed by atoms with Crippen molar-refractivity contribution in [3.8, 4) is 5.75 Å². The van der Waals surface area contributed by atoms with E-state index < -0.39 is 6.10 Å². The van der Waals surface area contributed by atoms with E-state index in [2.05, 4.69) is 0 Å². The minimum absolute atomic E-state index is 0.326. The van der Waals surface area contributed by atoms with Crippen LogP contribution in [0, 0.1) is 0 Å². The second-order valence-electron chi connectivity index (χ2n) is 4.14. The van der Waals surface area contributed by atoms with Crippen LogP contribution in [-0.4, -0.2) is 17.5 Å². The molecule has 1 atom stereocenters. The largest absolute Gasteiger partial charge is 0.494 e. The van der Waals surface area contributed by atoms with E-state index in [0.29, 0.717) is 23.5 Å². The molecule has 0 fully saturated rings. The van der Waals surface area contributed by atoms with E-state index in [1.165, 1.54) is 0 Å². The van der Waals surface area contributed by atoms with Gasteiger partial charge in [-0.3, -0.25) is 4.79 Å². The first-order chi connectivity index (χ1) is 9.22. The summed E-state index contributed by atoms with van der Waals surface area (Å²) in [5.41, 5.74) is 1.04. The van der Waals surface area contributed by atoms with Gasteiger partial charge in [0.15, 0.2) is 5.78 Å². The molecule has 0 bridgehead atoms. The molecular formula is C16H16O3. The number of carbonyl (C=O) groups excluding carboxylic acids is 1. The monoisotopic (exact) mass is 256 g/mol. The second-order valence-corrected chi connectivity index (χ2v) is 4.14. The Labute approximate surface area is 112 Å². The number of rotatable bonds is 5. The first-order valence-electron chi connectivity index (χ1n) is 6.22. The number of hydrogen-bond acceptors (Lipinski definition) is 3. The SMILES string of the molecule is CCOc1cccc(C(=O)C(O)c2ccccc2)c1. The zero-order valence-electron chi connectivity index (χ0n) is 10.7. The lowest BCUT2D eigenvalue weighted by Gasteiger charge is -2.11. The first-order valence-corrected chi connectivity index (χ1v) is 6.22. The van der Waals surface area contributed by atoms with Crippen molar-refractivity contribution in [3.63, 3.8) is 0 Å². The Kier molecular flexibility index (Phi) is 4.31. The number of ether oxygens (including phenoxy) is 1. The van der Waals surface area contributed by atoms with E-state index in [0.717, 1.165) is 0 Å². The Hall–Kier alpha value is -2.13. The maximum absolute atomic E-state index is 12.2. The number of carbonyl (C=O) groups is 1. The summed E-state index contributed by atoms with van der Waals surface area (Å²) in [5, 5.41) is 10.1. The topological polar surface area (TPSA) is 46.5 Å². The van der Waals surface area contributed by atoms with Crippen molar-refractivity contribution in [2.75, 3.05) is 6.61 Å². The van der Waals surface area contributed by atoms with E-state index in [-0.39, 0.29) is 5.78 Å². The van der Waals surface area contributed by atoms with Crippen molar-refractivity contribution in [2.24, 2.45) is 0 Å². The molecule has 98 valence electrons. The van der Waals surface area contributed by atoms with Gasteiger partial charge in [-0.25, -0.2) is 0 Å². The van der Waals surface area contributed by atoms with Gasteiger partial charge in [0, 0.05) is 5.56 Å². The fraction of sp³-hybridized carbons (Fsp3) is 0.188. The molecule has 0 spiro atoms. The molecular weight excluding hydrogens is 240 g/mol. The Bertz CT molecular complexity index is 549. The van der Waals surface area contributed by atoms with Crippen LogP contribution in [0.2, 0.25) is 0 Å². The van der Waals surface area contributed by atoms with Gasteiger partial charge >= 0.3 is 0 Å². The summed E-state index contributed by atoms with van der Waals surface area (Å²) >= 11 is 0. The third kappa shape index (κ3) is 3.20. The van der Waals surface area contributed by atoms with Crippen molar-refractivity contribution in [1.82, 2.24) is 0 Å². The first kappa shape index (κ1) is 13.3. The predicted octanol–water partition coefficient (Wildman–Crippen LogP) is 3.00. The quantitative estimate of drug-likeness (QED) is 0.836. The maximum atomic E-state index is 12.2. The highest BCUT2D eigenvalue weighted by atomic mass is 16.5. The van der Waals surface area contributed by atoms with E-state index >= 15 is 0 Å². The van der Waals surface area contributed by atoms with Crippen LogP contribution in [0.3, 0.4) is 0 Å². The van der Waals surface area contributed by atoms with Gasteiger partial charge in [-0.15, -0.1) is 0 Å². The molecule has 0 radical (unpaired) electrons. The van der Waals surface area contributed by atoms with Crippen LogP contribution >= 0.6 is 0 Å². The molecule has 1 N–H and O–H groups in total. The molecule has 2 rings (SSSR count). The number of Topliss-reactive ketones (excluding diaryl/α,β-unsaturated/α-hetero) is 1. The van der Waals surface area contributed by atoms with E-state index in [1.807, 2.05) is 13.0 Å². The summed E-state index contributed by atoms with van der Waals surface area (Å²) in [5.74, 6) is 0.307. The summed E-state index contributed by atoms with van der Waals surface area (Å²) in [6.45, 7) is 2.42. The Morgan fingerprint density at radius 1 is 1.16 bits per heavy atom. The number of ketones is 1. The zero-order chi connectivity index (χ0) is 13.7. The zero-order valence-corrected chi connectivity index (χ0v) is 10.7. The highest BCUT2D eigenvalue weighted by Crippen LogP contribution is 2.21. The van der Waals surface area contributed by atoms with E-state index in [1.54, 1.807) is 48.5 Å². The molecule has 2 aromatic carbocycles. The fourth-order valence-corrected chi connectivity index (χ4v) is 1.85. The molecule has 19 heavy (non-hydrogen) atoms. The molecule has 1 unspecified atom stereocenters. The summed E-state index contributed by atoms with van der Waals surface area (Å²) in [7, 11) is 0. The van der Waals surface area contributed by atoms with Crippen LogP contribution in [0.4, 0.5) is 0 Å². The van der Waals surface area contributed by atoms with Gasteiger partial charge in [-0.05, 0) is 24.6 Å². The van der Waals surface area contributed by atoms with Crippen molar-refractivity contribution in [3.05, 3.63) is 65.7 Å². The maximum Gasteiger partial charge on any atom is 0.195 e. The van der Waals surface area contributed by atoms with Gasteiger partial charge in [0.05, 0.1) is 6.61 Å². The molecule has 0 aliphatic heterocycles. The molecule has 0 amide bonds. The third-order valence-electron chi connectivity index (χ3n) is 2.79. The number of benzene rings is 2. The highest BCUT2D eigenvalue weighted by Gasteiger charge is 2.19. The molecule has 0 aliphatic carbocycles. The van der Waals surface area contributed by atoms with Crippen LogP contribution in [0.15, 0.2) is 54.6 Å². The fourth-order valence-electron chi connectivity index (χ4n) is 1.85. The second kappa shape index (κ2) is 6.16. The molecule has 0 heterocycles. The van der Waals surface area contributed by atoms with Gasteiger partial charge in [-0.1, -0.05) is 42.5 Å². The van der Waals surface area contributed by atoms with Gasteiger partial charge in [0.25, 0.3) is 0 Å². The van der Waals surface area contributed by atoms with Crippen molar-refractivity contribution in [2.45, 2.75) is 13.0 Å². The summed E-state index contributed by atoms with van der Waals surface area (Å²) in [6, 6.07) is 15.8. The van der Waals surface area contributed by atoms with Crippen molar-refractivity contribution >= 4 is 5.78 Å². The van der Waals surface area contributed by atoms with Crippen LogP contribution in [0.5, 0.6) is 5.75 Å². The smallest absolute Gasteiger partial charge is 0.195 e. The molecule has 3 heteroatoms. The Morgan fingerprint density at radius 3 is 2.58 bits per heavy atom. The van der Waals surface area contributed by atoms with Crippen molar-refractivity contribution < 1.29 is 14.6 Å². The minimum Gasteiger partial charge on any atom is -0.494 e. The van der Waals surface area contributed by atoms with E-state index in [4.69, 9.17) is 4.74 Å². The van der Waals surface area contributed by atoms with E-state index in [9.17, 15) is 9.90 Å². The average molecular weight is 256 g/mol. The molecule has 0 aliphatic rings. The van der Waals surface area contributed by atoms with Crippen LogP contribution in [0.25, 0.3) is 0 Å². The summed E-state index contributed by atoms with van der Waals surface area (Å²) < 4.78 is 5.35. The summed E-state index contributed by atoms with van der Waals surface area (Å²) in [6.07, 6.45) is -1.14. The Morgan fingerprint density at radius 2 is 1.89 bits per heavy atom. The summed E-state index contributed by atoms with van der Waals surface area (Å²) in [4.78, 5) is 12.2. The van der Waals surface area contributed by atoms with Gasteiger partial charge in [0.1, 0.15) is 11.9 Å². The Balaban J connectivity index is 2.22. The lowest BCUT2D eigenvalue weighted by Crippen LogP contribution is -2.12. The lowest BCUT2D eigenvalue weighted by molar-refractivity contribution is 0.0747. The normalized spacial score (nSPS) is 11.9. The highest BCUT2D eigenvalue weighted by molar-refractivity contribution is 6.00. The van der Waals surface area contributed by atoms with Crippen LogP contribution in [-0.2, 0) is 0 Å². The molecule has 0 saturated heterocycles. The molecule has 2 aromatic rings. The average Bonchev–Trinajstić information content (AvgIpc) is 2.47. The number of aliphatic hydroxyl groups excluding tert-OH is 1. The minimum atomic E-state index is -1.14. The van der Waals surface area contributed by atoms with Gasteiger partial charge in [-0.2, -0.15) is 0 Å². The third-order valence-corrected chi connectivity index (χ3v) is 2.79.